The van der Waals surface area contributed by atoms with Crippen LogP contribution in [0.5, 0.6) is 0 Å². The molecule has 3 heteroatoms. The van der Waals surface area contributed by atoms with E-state index in [0.717, 1.165) is 38.2 Å². The standard InChI is InChI=1S/C18H28N2O/c1-4-10-18(14-13-17-11-8-7-9-12-17)19-21-16-15-20(5-2)6-3/h7-9,11-14H,4-6,10,15-16H2,1-3H3/b14-13+,19-18+. The zero-order chi connectivity index (χ0) is 15.3. The van der Waals surface area contributed by atoms with Gasteiger partial charge in [0, 0.05) is 6.54 Å². The van der Waals surface area contributed by atoms with Crippen LogP contribution < -0.4 is 0 Å². The van der Waals surface area contributed by atoms with Gasteiger partial charge in [-0.05, 0) is 31.1 Å². The molecule has 0 radical (unpaired) electrons. The van der Waals surface area contributed by atoms with Gasteiger partial charge < -0.3 is 9.74 Å². The van der Waals surface area contributed by atoms with Crippen LogP contribution in [-0.2, 0) is 4.84 Å². The fourth-order valence-corrected chi connectivity index (χ4v) is 2.01. The van der Waals surface area contributed by atoms with E-state index in [2.05, 4.69) is 55.1 Å². The van der Waals surface area contributed by atoms with Gasteiger partial charge in [-0.2, -0.15) is 0 Å². The number of allylic oxidation sites excluding steroid dienone is 1. The van der Waals surface area contributed by atoms with E-state index in [4.69, 9.17) is 4.84 Å². The molecule has 0 amide bonds. The highest BCUT2D eigenvalue weighted by molar-refractivity contribution is 5.97. The Balaban J connectivity index is 2.48. The molecular weight excluding hydrogens is 260 g/mol. The third kappa shape index (κ3) is 7.66. The van der Waals surface area contributed by atoms with E-state index in [0.29, 0.717) is 6.61 Å². The first-order valence-electron chi connectivity index (χ1n) is 7.94. The monoisotopic (exact) mass is 288 g/mol. The van der Waals surface area contributed by atoms with Gasteiger partial charge >= 0.3 is 0 Å². The Morgan fingerprint density at radius 3 is 2.48 bits per heavy atom. The van der Waals surface area contributed by atoms with Crippen LogP contribution in [0.15, 0.2) is 41.6 Å². The number of oxime groups is 1. The average Bonchev–Trinajstić information content (AvgIpc) is 2.53. The Bertz CT molecular complexity index is 422. The van der Waals surface area contributed by atoms with E-state index >= 15 is 0 Å². The van der Waals surface area contributed by atoms with E-state index in [1.165, 1.54) is 5.56 Å². The van der Waals surface area contributed by atoms with E-state index in [9.17, 15) is 0 Å². The maximum atomic E-state index is 5.47. The maximum Gasteiger partial charge on any atom is 0.129 e. The predicted octanol–water partition coefficient (Wildman–Crippen LogP) is 4.21. The van der Waals surface area contributed by atoms with E-state index < -0.39 is 0 Å². The minimum atomic E-state index is 0.647. The van der Waals surface area contributed by atoms with Gasteiger partial charge in [-0.1, -0.05) is 68.8 Å². The van der Waals surface area contributed by atoms with Gasteiger partial charge in [-0.15, -0.1) is 0 Å². The lowest BCUT2D eigenvalue weighted by Gasteiger charge is -2.16. The number of benzene rings is 1. The van der Waals surface area contributed by atoms with E-state index in [-0.39, 0.29) is 0 Å². The molecule has 0 saturated heterocycles. The third-order valence-electron chi connectivity index (χ3n) is 3.35. The van der Waals surface area contributed by atoms with Crippen LogP contribution in [-0.4, -0.2) is 36.9 Å². The summed E-state index contributed by atoms with van der Waals surface area (Å²) >= 11 is 0. The van der Waals surface area contributed by atoms with Crippen molar-refractivity contribution in [2.45, 2.75) is 33.6 Å². The fraction of sp³-hybridized carbons (Fsp3) is 0.500. The minimum absolute atomic E-state index is 0.647. The van der Waals surface area contributed by atoms with Crippen LogP contribution >= 0.6 is 0 Å². The molecule has 116 valence electrons. The van der Waals surface area contributed by atoms with Crippen LogP contribution in [0.3, 0.4) is 0 Å². The van der Waals surface area contributed by atoms with E-state index in [1.807, 2.05) is 18.2 Å². The highest BCUT2D eigenvalue weighted by Crippen LogP contribution is 2.04. The van der Waals surface area contributed by atoms with E-state index in [1.54, 1.807) is 0 Å². The number of likely N-dealkylation sites (N-methyl/N-ethyl adjacent to an activating group) is 1. The van der Waals surface area contributed by atoms with Crippen LogP contribution in [0.1, 0.15) is 39.2 Å². The SMILES string of the molecule is CCCC(/C=C/c1ccccc1)=N\OCCN(CC)CC. The first-order valence-corrected chi connectivity index (χ1v) is 7.94. The number of hydrogen-bond donors (Lipinski definition) is 0. The minimum Gasteiger partial charge on any atom is -0.394 e. The smallest absolute Gasteiger partial charge is 0.129 e. The first-order chi connectivity index (χ1) is 10.3. The molecule has 0 aliphatic carbocycles. The second-order valence-electron chi connectivity index (χ2n) is 4.94. The molecule has 0 spiro atoms. The Morgan fingerprint density at radius 1 is 1.14 bits per heavy atom. The van der Waals surface area contributed by atoms with Crippen molar-refractivity contribution in [1.29, 1.82) is 0 Å². The van der Waals surface area contributed by atoms with Crippen molar-refractivity contribution in [3.8, 4) is 0 Å². The van der Waals surface area contributed by atoms with Crippen LogP contribution in [0.2, 0.25) is 0 Å². The van der Waals surface area contributed by atoms with Crippen molar-refractivity contribution >= 4 is 11.8 Å². The Morgan fingerprint density at radius 2 is 1.86 bits per heavy atom. The zero-order valence-electron chi connectivity index (χ0n) is 13.6. The molecule has 0 aliphatic rings. The van der Waals surface area contributed by atoms with Gasteiger partial charge in [0.15, 0.2) is 0 Å². The number of nitrogens with zero attached hydrogens (tertiary/aromatic N) is 2. The maximum absolute atomic E-state index is 5.47. The molecule has 0 atom stereocenters. The van der Waals surface area contributed by atoms with Crippen molar-refractivity contribution < 1.29 is 4.84 Å². The molecule has 0 aromatic heterocycles. The molecule has 0 unspecified atom stereocenters. The molecule has 0 heterocycles. The zero-order valence-corrected chi connectivity index (χ0v) is 13.6. The number of rotatable bonds is 10. The molecule has 0 fully saturated rings. The second-order valence-corrected chi connectivity index (χ2v) is 4.94. The van der Waals surface area contributed by atoms with Crippen LogP contribution in [0.4, 0.5) is 0 Å². The summed E-state index contributed by atoms with van der Waals surface area (Å²) in [6.45, 7) is 10.2. The summed E-state index contributed by atoms with van der Waals surface area (Å²) in [5.74, 6) is 0. The molecule has 0 bridgehead atoms. The largest absolute Gasteiger partial charge is 0.394 e. The summed E-state index contributed by atoms with van der Waals surface area (Å²) in [6, 6.07) is 10.3. The second kappa shape index (κ2) is 11.1. The molecule has 0 N–H and O–H groups in total. The van der Waals surface area contributed by atoms with Gasteiger partial charge in [0.2, 0.25) is 0 Å². The van der Waals surface area contributed by atoms with Crippen molar-refractivity contribution in [3.05, 3.63) is 42.0 Å². The van der Waals surface area contributed by atoms with Gasteiger partial charge in [-0.25, -0.2) is 0 Å². The Labute approximate surface area is 129 Å². The highest BCUT2D eigenvalue weighted by atomic mass is 16.6. The van der Waals surface area contributed by atoms with Crippen molar-refractivity contribution in [1.82, 2.24) is 4.90 Å². The topological polar surface area (TPSA) is 24.8 Å². The Kier molecular flexibility index (Phi) is 9.21. The molecule has 0 aliphatic heterocycles. The lowest BCUT2D eigenvalue weighted by Crippen LogP contribution is -2.26. The molecule has 0 saturated carbocycles. The molecule has 21 heavy (non-hydrogen) atoms. The predicted molar refractivity (Wildman–Crippen MR) is 91.6 cm³/mol. The number of hydrogen-bond acceptors (Lipinski definition) is 3. The summed E-state index contributed by atoms with van der Waals surface area (Å²) in [7, 11) is 0. The lowest BCUT2D eigenvalue weighted by atomic mass is 10.1. The van der Waals surface area contributed by atoms with Gasteiger partial charge in [-0.3, -0.25) is 0 Å². The highest BCUT2D eigenvalue weighted by Gasteiger charge is 1.99. The normalized spacial score (nSPS) is 12.3. The summed E-state index contributed by atoms with van der Waals surface area (Å²) in [6.07, 6.45) is 6.14. The van der Waals surface area contributed by atoms with Gasteiger partial charge in [0.05, 0.1) is 5.71 Å². The summed E-state index contributed by atoms with van der Waals surface area (Å²) in [4.78, 5) is 7.79. The fourth-order valence-electron chi connectivity index (χ4n) is 2.01. The molecular formula is C18H28N2O. The molecule has 1 rings (SSSR count). The van der Waals surface area contributed by atoms with Gasteiger partial charge in [0.1, 0.15) is 6.61 Å². The van der Waals surface area contributed by atoms with Gasteiger partial charge in [0.25, 0.3) is 0 Å². The molecule has 1 aromatic rings. The quantitative estimate of drug-likeness (QED) is 0.366. The Hall–Kier alpha value is -1.61. The summed E-state index contributed by atoms with van der Waals surface area (Å²) in [5.41, 5.74) is 2.19. The van der Waals surface area contributed by atoms with Crippen LogP contribution in [0.25, 0.3) is 6.08 Å². The average molecular weight is 288 g/mol. The summed E-state index contributed by atoms with van der Waals surface area (Å²) in [5, 5.41) is 4.27. The lowest BCUT2D eigenvalue weighted by molar-refractivity contribution is 0.114. The third-order valence-corrected chi connectivity index (χ3v) is 3.35. The molecule has 1 aromatic carbocycles. The summed E-state index contributed by atoms with van der Waals surface area (Å²) < 4.78 is 0. The van der Waals surface area contributed by atoms with Crippen LogP contribution in [0, 0.1) is 0 Å². The molecule has 3 nitrogen and oxygen atoms in total. The van der Waals surface area contributed by atoms with Crippen molar-refractivity contribution in [2.24, 2.45) is 5.16 Å². The van der Waals surface area contributed by atoms with Crippen molar-refractivity contribution in [3.63, 3.8) is 0 Å². The van der Waals surface area contributed by atoms with Crippen molar-refractivity contribution in [2.75, 3.05) is 26.2 Å². The first kappa shape index (κ1) is 17.4.